The zero-order valence-electron chi connectivity index (χ0n) is 8.92. The molecule has 86 valence electrons. The molecule has 1 aromatic carbocycles. The van der Waals surface area contributed by atoms with Crippen LogP contribution in [0.1, 0.15) is 0 Å². The Bertz CT molecular complexity index is 416. The fourth-order valence-corrected chi connectivity index (χ4v) is 1.74. The summed E-state index contributed by atoms with van der Waals surface area (Å²) in [4.78, 5) is 12.3. The quantitative estimate of drug-likeness (QED) is 0.604. The second-order valence-electron chi connectivity index (χ2n) is 3.78. The van der Waals surface area contributed by atoms with Crippen molar-refractivity contribution >= 4 is 11.4 Å². The van der Waals surface area contributed by atoms with Crippen molar-refractivity contribution in [1.82, 2.24) is 0 Å². The Kier molecular flexibility index (Phi) is 2.66. The molecule has 2 N–H and O–H groups in total. The van der Waals surface area contributed by atoms with E-state index in [-0.39, 0.29) is 17.5 Å². The maximum absolute atomic E-state index is 10.7. The summed E-state index contributed by atoms with van der Waals surface area (Å²) in [5.74, 6) is 0.281. The Hall–Kier alpha value is -1.82. The maximum atomic E-state index is 10.7. The van der Waals surface area contributed by atoms with Gasteiger partial charge in [0.2, 0.25) is 0 Å². The van der Waals surface area contributed by atoms with E-state index in [1.807, 2.05) is 0 Å². The second kappa shape index (κ2) is 3.97. The molecule has 0 atom stereocenters. The average molecular weight is 223 g/mol. The lowest BCUT2D eigenvalue weighted by Gasteiger charge is -2.38. The molecule has 1 saturated heterocycles. The first-order valence-electron chi connectivity index (χ1n) is 4.95. The molecule has 0 radical (unpaired) electrons. The van der Waals surface area contributed by atoms with Crippen LogP contribution in [0.2, 0.25) is 0 Å². The van der Waals surface area contributed by atoms with Gasteiger partial charge in [-0.05, 0) is 6.07 Å². The summed E-state index contributed by atoms with van der Waals surface area (Å²) >= 11 is 0. The zero-order valence-corrected chi connectivity index (χ0v) is 8.92. The van der Waals surface area contributed by atoms with Crippen molar-refractivity contribution in [2.45, 2.75) is 6.04 Å². The van der Waals surface area contributed by atoms with Gasteiger partial charge < -0.3 is 15.4 Å². The Morgan fingerprint density at radius 1 is 1.56 bits per heavy atom. The van der Waals surface area contributed by atoms with Gasteiger partial charge in [0, 0.05) is 37.0 Å². The molecular weight excluding hydrogens is 210 g/mol. The number of anilines is 1. The van der Waals surface area contributed by atoms with Crippen LogP contribution in [0, 0.1) is 10.1 Å². The topological polar surface area (TPSA) is 81.6 Å². The molecule has 0 aromatic heterocycles. The molecule has 0 aliphatic carbocycles. The maximum Gasteiger partial charge on any atom is 0.311 e. The summed E-state index contributed by atoms with van der Waals surface area (Å²) in [7, 11) is 1.42. The first kappa shape index (κ1) is 10.7. The van der Waals surface area contributed by atoms with Crippen LogP contribution < -0.4 is 15.4 Å². The minimum Gasteiger partial charge on any atom is -0.490 e. The number of nitrogens with two attached hydrogens (primary N) is 1. The fourth-order valence-electron chi connectivity index (χ4n) is 1.74. The number of methoxy groups -OCH3 is 1. The molecular formula is C10H13N3O3. The summed E-state index contributed by atoms with van der Waals surface area (Å²) < 4.78 is 4.99. The van der Waals surface area contributed by atoms with Crippen molar-refractivity contribution in [3.63, 3.8) is 0 Å². The zero-order chi connectivity index (χ0) is 11.7. The molecule has 6 nitrogen and oxygen atoms in total. The minimum absolute atomic E-state index is 0.0175. The molecule has 6 heteroatoms. The molecule has 0 unspecified atom stereocenters. The number of benzene rings is 1. The van der Waals surface area contributed by atoms with E-state index in [1.54, 1.807) is 12.1 Å². The number of nitro benzene ring substituents is 1. The highest BCUT2D eigenvalue weighted by Gasteiger charge is 2.25. The van der Waals surface area contributed by atoms with E-state index in [0.29, 0.717) is 0 Å². The third-order valence-electron chi connectivity index (χ3n) is 2.63. The van der Waals surface area contributed by atoms with Crippen LogP contribution in [0.15, 0.2) is 18.2 Å². The lowest BCUT2D eigenvalue weighted by atomic mass is 10.1. The molecule has 0 amide bonds. The van der Waals surface area contributed by atoms with E-state index in [2.05, 4.69) is 4.90 Å². The standard InChI is InChI=1S/C10H13N3O3/c1-16-10-4-8(12-5-7(11)6-12)2-3-9(10)13(14)15/h2-4,7H,5-6,11H2,1H3. The number of nitro groups is 1. The second-order valence-corrected chi connectivity index (χ2v) is 3.78. The van der Waals surface area contributed by atoms with Crippen LogP contribution in [-0.4, -0.2) is 31.2 Å². The van der Waals surface area contributed by atoms with E-state index in [4.69, 9.17) is 10.5 Å². The predicted octanol–water partition coefficient (Wildman–Crippen LogP) is 0.751. The Balaban J connectivity index is 2.26. The van der Waals surface area contributed by atoms with Crippen molar-refractivity contribution in [3.8, 4) is 5.75 Å². The molecule has 0 spiro atoms. The fraction of sp³-hybridized carbons (Fsp3) is 0.400. The largest absolute Gasteiger partial charge is 0.490 e. The first-order valence-corrected chi connectivity index (χ1v) is 4.95. The molecule has 16 heavy (non-hydrogen) atoms. The van der Waals surface area contributed by atoms with Gasteiger partial charge in [0.15, 0.2) is 5.75 Å². The predicted molar refractivity (Wildman–Crippen MR) is 59.8 cm³/mol. The van der Waals surface area contributed by atoms with Gasteiger partial charge in [-0.1, -0.05) is 0 Å². The lowest BCUT2D eigenvalue weighted by molar-refractivity contribution is -0.385. The van der Waals surface area contributed by atoms with Crippen molar-refractivity contribution in [2.75, 3.05) is 25.1 Å². The Labute approximate surface area is 92.8 Å². The highest BCUT2D eigenvalue weighted by Crippen LogP contribution is 2.32. The summed E-state index contributed by atoms with van der Waals surface area (Å²) in [6, 6.07) is 5.04. The van der Waals surface area contributed by atoms with Crippen LogP contribution in [0.3, 0.4) is 0 Å². The van der Waals surface area contributed by atoms with E-state index >= 15 is 0 Å². The number of ether oxygens (including phenoxy) is 1. The highest BCUT2D eigenvalue weighted by atomic mass is 16.6. The van der Waals surface area contributed by atoms with Gasteiger partial charge in [0.1, 0.15) is 0 Å². The normalized spacial score (nSPS) is 15.8. The van der Waals surface area contributed by atoms with Gasteiger partial charge in [0.05, 0.1) is 12.0 Å². The number of hydrogen-bond acceptors (Lipinski definition) is 5. The molecule has 1 aromatic rings. The van der Waals surface area contributed by atoms with Gasteiger partial charge in [-0.15, -0.1) is 0 Å². The van der Waals surface area contributed by atoms with Crippen LogP contribution >= 0.6 is 0 Å². The SMILES string of the molecule is COc1cc(N2CC(N)C2)ccc1[N+](=O)[O-]. The summed E-state index contributed by atoms with van der Waals surface area (Å²) in [6.07, 6.45) is 0. The van der Waals surface area contributed by atoms with Crippen molar-refractivity contribution in [3.05, 3.63) is 28.3 Å². The molecule has 1 fully saturated rings. The molecule has 0 bridgehead atoms. The van der Waals surface area contributed by atoms with E-state index in [9.17, 15) is 10.1 Å². The minimum atomic E-state index is -0.454. The van der Waals surface area contributed by atoms with Gasteiger partial charge in [-0.3, -0.25) is 10.1 Å². The van der Waals surface area contributed by atoms with E-state index in [0.717, 1.165) is 18.8 Å². The summed E-state index contributed by atoms with van der Waals surface area (Å²) in [5.41, 5.74) is 6.56. The summed E-state index contributed by atoms with van der Waals surface area (Å²) in [6.45, 7) is 1.56. The third kappa shape index (κ3) is 1.79. The molecule has 2 rings (SSSR count). The Morgan fingerprint density at radius 2 is 2.25 bits per heavy atom. The van der Waals surface area contributed by atoms with E-state index < -0.39 is 4.92 Å². The summed E-state index contributed by atoms with van der Waals surface area (Å²) in [5, 5.41) is 10.7. The van der Waals surface area contributed by atoms with Crippen molar-refractivity contribution < 1.29 is 9.66 Å². The highest BCUT2D eigenvalue weighted by molar-refractivity contribution is 5.60. The van der Waals surface area contributed by atoms with Crippen molar-refractivity contribution in [1.29, 1.82) is 0 Å². The van der Waals surface area contributed by atoms with E-state index in [1.165, 1.54) is 13.2 Å². The van der Waals surface area contributed by atoms with Gasteiger partial charge >= 0.3 is 5.69 Å². The van der Waals surface area contributed by atoms with Crippen molar-refractivity contribution in [2.24, 2.45) is 5.73 Å². The first-order chi connectivity index (χ1) is 7.61. The van der Waals surface area contributed by atoms with Crippen LogP contribution in [0.25, 0.3) is 0 Å². The lowest BCUT2D eigenvalue weighted by Crippen LogP contribution is -2.55. The number of hydrogen-bond donors (Lipinski definition) is 1. The average Bonchev–Trinajstić information content (AvgIpc) is 2.23. The third-order valence-corrected chi connectivity index (χ3v) is 2.63. The molecule has 0 saturated carbocycles. The number of nitrogens with zero attached hydrogens (tertiary/aromatic N) is 2. The van der Waals surface area contributed by atoms with Crippen LogP contribution in [0.4, 0.5) is 11.4 Å². The van der Waals surface area contributed by atoms with Gasteiger partial charge in [0.25, 0.3) is 0 Å². The van der Waals surface area contributed by atoms with Crippen LogP contribution in [0.5, 0.6) is 5.75 Å². The molecule has 1 aliphatic rings. The smallest absolute Gasteiger partial charge is 0.311 e. The van der Waals surface area contributed by atoms with Gasteiger partial charge in [-0.25, -0.2) is 0 Å². The monoisotopic (exact) mass is 223 g/mol. The Morgan fingerprint density at radius 3 is 2.75 bits per heavy atom. The van der Waals surface area contributed by atoms with Crippen LogP contribution in [-0.2, 0) is 0 Å². The van der Waals surface area contributed by atoms with Gasteiger partial charge in [-0.2, -0.15) is 0 Å². The molecule has 1 aliphatic heterocycles. The molecule has 1 heterocycles. The number of rotatable bonds is 3.